The molecule has 0 aliphatic carbocycles. The second kappa shape index (κ2) is 13.5. The van der Waals surface area contributed by atoms with Gasteiger partial charge in [0.05, 0.1) is 22.6 Å². The van der Waals surface area contributed by atoms with Crippen molar-refractivity contribution in [2.45, 2.75) is 20.5 Å². The zero-order chi connectivity index (χ0) is 28.6. The predicted octanol–water partition coefficient (Wildman–Crippen LogP) is 6.64. The fourth-order valence-electron chi connectivity index (χ4n) is 3.77. The van der Waals surface area contributed by atoms with Crippen LogP contribution in [-0.2, 0) is 16.2 Å². The van der Waals surface area contributed by atoms with E-state index in [1.165, 1.54) is 6.07 Å². The van der Waals surface area contributed by atoms with Gasteiger partial charge in [-0.05, 0) is 95.6 Å². The summed E-state index contributed by atoms with van der Waals surface area (Å²) in [7, 11) is 0. The van der Waals surface area contributed by atoms with Gasteiger partial charge in [-0.3, -0.25) is 19.3 Å². The first-order chi connectivity index (χ1) is 19.3. The Morgan fingerprint density at radius 2 is 1.75 bits per heavy atom. The Balaban J connectivity index is 1.46. The number of carbonyl (C=O) groups excluding carboxylic acids is 3. The third kappa shape index (κ3) is 7.22. The average molecular weight is 630 g/mol. The quantitative estimate of drug-likeness (QED) is 0.238. The predicted molar refractivity (Wildman–Crippen MR) is 155 cm³/mol. The first-order valence-electron chi connectivity index (χ1n) is 12.4. The van der Waals surface area contributed by atoms with Crippen molar-refractivity contribution < 1.29 is 33.0 Å². The highest BCUT2D eigenvalue weighted by Gasteiger charge is 2.36. The van der Waals surface area contributed by atoms with Crippen LogP contribution in [0.1, 0.15) is 25.0 Å². The number of ether oxygens (including phenoxy) is 3. The van der Waals surface area contributed by atoms with E-state index in [-0.39, 0.29) is 17.3 Å². The molecule has 3 aromatic carbocycles. The minimum atomic E-state index is -0.578. The Bertz CT molecular complexity index is 1450. The van der Waals surface area contributed by atoms with Crippen molar-refractivity contribution in [1.82, 2.24) is 4.90 Å². The topological polar surface area (TPSA) is 94.2 Å². The average Bonchev–Trinajstić information content (AvgIpc) is 3.17. The maximum absolute atomic E-state index is 14.0. The van der Waals surface area contributed by atoms with Crippen molar-refractivity contribution in [2.24, 2.45) is 0 Å². The van der Waals surface area contributed by atoms with Crippen molar-refractivity contribution in [3.63, 3.8) is 0 Å². The van der Waals surface area contributed by atoms with E-state index in [9.17, 15) is 18.8 Å². The lowest BCUT2D eigenvalue weighted by molar-refractivity contribution is -0.127. The van der Waals surface area contributed by atoms with Gasteiger partial charge in [0.25, 0.3) is 11.1 Å². The number of nitrogens with one attached hydrogen (secondary N) is 1. The zero-order valence-corrected chi connectivity index (χ0v) is 24.1. The molecule has 11 heteroatoms. The third-order valence-electron chi connectivity index (χ3n) is 5.58. The summed E-state index contributed by atoms with van der Waals surface area (Å²) in [6.07, 6.45) is 1.54. The van der Waals surface area contributed by atoms with Gasteiger partial charge in [0.2, 0.25) is 5.91 Å². The summed E-state index contributed by atoms with van der Waals surface area (Å²) < 4.78 is 31.5. The summed E-state index contributed by atoms with van der Waals surface area (Å²) in [4.78, 5) is 39.2. The van der Waals surface area contributed by atoms with Gasteiger partial charge >= 0.3 is 0 Å². The number of benzene rings is 3. The number of nitrogens with zero attached hydrogens (tertiary/aromatic N) is 1. The number of thioether (sulfide) groups is 1. The molecule has 0 spiro atoms. The lowest BCUT2D eigenvalue weighted by atomic mass is 10.1. The molecule has 1 saturated heterocycles. The molecule has 0 atom stereocenters. The maximum Gasteiger partial charge on any atom is 0.294 e. The van der Waals surface area contributed by atoms with Crippen molar-refractivity contribution in [1.29, 1.82) is 0 Å². The first kappa shape index (κ1) is 29.2. The highest BCUT2D eigenvalue weighted by molar-refractivity contribution is 9.10. The molecule has 4 rings (SSSR count). The molecule has 1 aliphatic rings. The van der Waals surface area contributed by atoms with Crippen LogP contribution in [0.5, 0.6) is 17.2 Å². The van der Waals surface area contributed by atoms with Gasteiger partial charge in [0.15, 0.2) is 11.5 Å². The van der Waals surface area contributed by atoms with Crippen LogP contribution in [0.4, 0.5) is 14.9 Å². The summed E-state index contributed by atoms with van der Waals surface area (Å²) in [5.74, 6) is -0.0385. The van der Waals surface area contributed by atoms with Crippen LogP contribution in [0.25, 0.3) is 6.08 Å². The summed E-state index contributed by atoms with van der Waals surface area (Å²) in [5.41, 5.74) is 1.47. The molecule has 208 valence electrons. The van der Waals surface area contributed by atoms with Gasteiger partial charge in [-0.1, -0.05) is 18.2 Å². The van der Waals surface area contributed by atoms with Crippen LogP contribution >= 0.6 is 27.7 Å². The van der Waals surface area contributed by atoms with Gasteiger partial charge in [0, 0.05) is 11.3 Å². The van der Waals surface area contributed by atoms with Crippen molar-refractivity contribution in [3.8, 4) is 17.2 Å². The normalized spacial score (nSPS) is 14.0. The molecule has 0 saturated carbocycles. The van der Waals surface area contributed by atoms with Crippen LogP contribution in [0.2, 0.25) is 0 Å². The van der Waals surface area contributed by atoms with Crippen LogP contribution in [0.15, 0.2) is 70.0 Å². The molecular formula is C29H26BrFN2O6S. The smallest absolute Gasteiger partial charge is 0.294 e. The van der Waals surface area contributed by atoms with E-state index in [4.69, 9.17) is 14.2 Å². The second-order valence-corrected chi connectivity index (χ2v) is 10.3. The van der Waals surface area contributed by atoms with Crippen LogP contribution < -0.4 is 19.5 Å². The molecule has 3 aromatic rings. The van der Waals surface area contributed by atoms with Gasteiger partial charge < -0.3 is 19.5 Å². The largest absolute Gasteiger partial charge is 0.494 e. The zero-order valence-electron chi connectivity index (χ0n) is 21.7. The van der Waals surface area contributed by atoms with Crippen molar-refractivity contribution in [3.05, 3.63) is 87.0 Å². The van der Waals surface area contributed by atoms with Crippen molar-refractivity contribution in [2.75, 3.05) is 25.1 Å². The van der Waals surface area contributed by atoms with E-state index in [0.717, 1.165) is 16.7 Å². The van der Waals surface area contributed by atoms with E-state index in [2.05, 4.69) is 21.2 Å². The van der Waals surface area contributed by atoms with E-state index in [0.29, 0.717) is 51.7 Å². The highest BCUT2D eigenvalue weighted by atomic mass is 79.9. The Labute approximate surface area is 243 Å². The molecule has 1 heterocycles. The summed E-state index contributed by atoms with van der Waals surface area (Å²) in [5, 5.41) is 2.13. The monoisotopic (exact) mass is 628 g/mol. The fourth-order valence-corrected chi connectivity index (χ4v) is 5.19. The van der Waals surface area contributed by atoms with Crippen LogP contribution in [0, 0.1) is 5.82 Å². The van der Waals surface area contributed by atoms with Gasteiger partial charge in [0.1, 0.15) is 24.7 Å². The molecular weight excluding hydrogens is 603 g/mol. The number of amides is 3. The number of anilines is 1. The van der Waals surface area contributed by atoms with Gasteiger partial charge in [-0.25, -0.2) is 4.39 Å². The number of carbonyl (C=O) groups is 3. The van der Waals surface area contributed by atoms with E-state index in [1.807, 2.05) is 13.8 Å². The Hall–Kier alpha value is -3.83. The summed E-state index contributed by atoms with van der Waals surface area (Å²) >= 11 is 4.21. The number of halogens is 2. The molecule has 40 heavy (non-hydrogen) atoms. The fraction of sp³-hybridized carbons (Fsp3) is 0.207. The number of hydrogen-bond donors (Lipinski definition) is 1. The van der Waals surface area contributed by atoms with E-state index >= 15 is 0 Å². The number of hydrogen-bond acceptors (Lipinski definition) is 7. The SMILES string of the molecule is CCOc1ccc(NC(=O)CN2C(=O)S/C(=C/c3cc(Br)c(OCc4ccccc4F)c(OCC)c3)C2=O)cc1. The molecule has 3 amide bonds. The molecule has 1 aliphatic heterocycles. The van der Waals surface area contributed by atoms with E-state index < -0.39 is 23.6 Å². The van der Waals surface area contributed by atoms with Crippen LogP contribution in [0.3, 0.4) is 0 Å². The Morgan fingerprint density at radius 1 is 1.02 bits per heavy atom. The minimum Gasteiger partial charge on any atom is -0.494 e. The Morgan fingerprint density at radius 3 is 2.45 bits per heavy atom. The summed E-state index contributed by atoms with van der Waals surface area (Å²) in [6.45, 7) is 4.11. The number of rotatable bonds is 11. The summed E-state index contributed by atoms with van der Waals surface area (Å²) in [6, 6.07) is 16.5. The maximum atomic E-state index is 14.0. The molecule has 0 radical (unpaired) electrons. The lowest BCUT2D eigenvalue weighted by Gasteiger charge is -2.15. The number of imide groups is 1. The van der Waals surface area contributed by atoms with Crippen molar-refractivity contribution >= 4 is 56.5 Å². The minimum absolute atomic E-state index is 0.0116. The van der Waals surface area contributed by atoms with E-state index in [1.54, 1.807) is 60.7 Å². The molecule has 8 nitrogen and oxygen atoms in total. The first-order valence-corrected chi connectivity index (χ1v) is 14.0. The second-order valence-electron chi connectivity index (χ2n) is 8.42. The highest BCUT2D eigenvalue weighted by Crippen LogP contribution is 2.40. The Kier molecular flexibility index (Phi) is 9.84. The molecule has 1 N–H and O–H groups in total. The van der Waals surface area contributed by atoms with Gasteiger partial charge in [-0.2, -0.15) is 0 Å². The molecule has 0 aromatic heterocycles. The lowest BCUT2D eigenvalue weighted by Crippen LogP contribution is -2.36. The standard InChI is InChI=1S/C29H26BrFN2O6S/c1-3-37-21-11-9-20(10-12-21)32-26(34)16-33-28(35)25(40-29(33)36)15-18-13-22(30)27(24(14-18)38-4-2)39-17-19-7-5-6-8-23(19)31/h5-15H,3-4,16-17H2,1-2H3,(H,32,34)/b25-15+. The van der Waals surface area contributed by atoms with Crippen LogP contribution in [-0.4, -0.2) is 41.7 Å². The molecule has 0 bridgehead atoms. The third-order valence-corrected chi connectivity index (χ3v) is 7.08. The molecule has 1 fully saturated rings. The molecule has 0 unspecified atom stereocenters. The van der Waals surface area contributed by atoms with Gasteiger partial charge in [-0.15, -0.1) is 0 Å².